The molecule has 1 aromatic heterocycles. The molecule has 1 aromatic carbocycles. The molecule has 0 saturated carbocycles. The zero-order valence-electron chi connectivity index (χ0n) is 13.6. The molecule has 1 heterocycles. The van der Waals surface area contributed by atoms with Crippen molar-refractivity contribution in [2.24, 2.45) is 5.92 Å². The number of nitrogens with one attached hydrogen (secondary N) is 1. The third kappa shape index (κ3) is 3.83. The summed E-state index contributed by atoms with van der Waals surface area (Å²) in [7, 11) is 0. The zero-order valence-corrected chi connectivity index (χ0v) is 13.6. The molecule has 2 rings (SSSR count). The van der Waals surface area contributed by atoms with E-state index in [0.29, 0.717) is 12.1 Å². The fourth-order valence-corrected chi connectivity index (χ4v) is 2.19. The van der Waals surface area contributed by atoms with Gasteiger partial charge in [0, 0.05) is 18.7 Å². The summed E-state index contributed by atoms with van der Waals surface area (Å²) in [4.78, 5) is 34.7. The SMILES string of the molecule is Cc1cccc([N+](=O)[O-])c1NC(=O)c1ccc(=O)n(CC(C)C)n1. The lowest BCUT2D eigenvalue weighted by molar-refractivity contribution is -0.383. The van der Waals surface area contributed by atoms with Crippen molar-refractivity contribution >= 4 is 17.3 Å². The van der Waals surface area contributed by atoms with Gasteiger partial charge in [-0.05, 0) is 24.5 Å². The van der Waals surface area contributed by atoms with Crippen molar-refractivity contribution in [2.45, 2.75) is 27.3 Å². The van der Waals surface area contributed by atoms with Gasteiger partial charge in [-0.1, -0.05) is 26.0 Å². The van der Waals surface area contributed by atoms with Gasteiger partial charge in [0.05, 0.1) is 4.92 Å². The van der Waals surface area contributed by atoms with Gasteiger partial charge in [0.15, 0.2) is 0 Å². The minimum absolute atomic E-state index is 0.0211. The third-order valence-corrected chi connectivity index (χ3v) is 3.32. The lowest BCUT2D eigenvalue weighted by Gasteiger charge is -2.11. The maximum atomic E-state index is 12.4. The maximum absolute atomic E-state index is 12.4. The van der Waals surface area contributed by atoms with E-state index in [2.05, 4.69) is 10.4 Å². The molecule has 1 N–H and O–H groups in total. The number of anilines is 1. The van der Waals surface area contributed by atoms with Crippen LogP contribution >= 0.6 is 0 Å². The smallest absolute Gasteiger partial charge is 0.293 e. The number of nitrogens with zero attached hydrogens (tertiary/aromatic N) is 3. The van der Waals surface area contributed by atoms with E-state index in [0.717, 1.165) is 0 Å². The van der Waals surface area contributed by atoms with Crippen molar-refractivity contribution in [3.8, 4) is 0 Å². The number of hydrogen-bond donors (Lipinski definition) is 1. The molecule has 0 aliphatic rings. The third-order valence-electron chi connectivity index (χ3n) is 3.32. The minimum Gasteiger partial charge on any atom is -0.315 e. The summed E-state index contributed by atoms with van der Waals surface area (Å²) in [5.41, 5.74) is 0.206. The lowest BCUT2D eigenvalue weighted by atomic mass is 10.1. The average Bonchev–Trinajstić information content (AvgIpc) is 2.50. The Morgan fingerprint density at radius 3 is 2.67 bits per heavy atom. The minimum atomic E-state index is -0.607. The monoisotopic (exact) mass is 330 g/mol. The number of para-hydroxylation sites is 1. The molecule has 24 heavy (non-hydrogen) atoms. The Bertz CT molecular complexity index is 842. The number of hydrogen-bond acceptors (Lipinski definition) is 5. The normalized spacial score (nSPS) is 10.7. The predicted molar refractivity (Wildman–Crippen MR) is 89.1 cm³/mol. The van der Waals surface area contributed by atoms with E-state index >= 15 is 0 Å². The number of rotatable bonds is 5. The van der Waals surface area contributed by atoms with Crippen LogP contribution in [0.25, 0.3) is 0 Å². The Balaban J connectivity index is 2.35. The first-order valence-electron chi connectivity index (χ1n) is 7.43. The van der Waals surface area contributed by atoms with Crippen LogP contribution in [0.1, 0.15) is 29.9 Å². The highest BCUT2D eigenvalue weighted by Crippen LogP contribution is 2.27. The predicted octanol–water partition coefficient (Wildman–Crippen LogP) is 2.37. The topological polar surface area (TPSA) is 107 Å². The molecule has 0 spiro atoms. The van der Waals surface area contributed by atoms with Crippen LogP contribution in [0.2, 0.25) is 0 Å². The molecule has 0 radical (unpaired) electrons. The summed E-state index contributed by atoms with van der Waals surface area (Å²) in [6.07, 6.45) is 0. The molecule has 0 unspecified atom stereocenters. The molecule has 0 atom stereocenters. The first-order chi connectivity index (χ1) is 11.3. The van der Waals surface area contributed by atoms with Crippen LogP contribution in [0.4, 0.5) is 11.4 Å². The van der Waals surface area contributed by atoms with Crippen molar-refractivity contribution in [2.75, 3.05) is 5.32 Å². The second kappa shape index (κ2) is 7.03. The van der Waals surface area contributed by atoms with Crippen molar-refractivity contribution in [3.63, 3.8) is 0 Å². The summed E-state index contributed by atoms with van der Waals surface area (Å²) in [6.45, 7) is 5.90. The van der Waals surface area contributed by atoms with Crippen molar-refractivity contribution in [1.29, 1.82) is 0 Å². The number of nitro benzene ring substituents is 1. The molecule has 126 valence electrons. The van der Waals surface area contributed by atoms with Gasteiger partial charge < -0.3 is 5.32 Å². The standard InChI is InChI=1S/C16H18N4O4/c1-10(2)9-19-14(21)8-7-12(18-19)16(22)17-15-11(3)5-4-6-13(15)20(23)24/h4-8,10H,9H2,1-3H3,(H,17,22). The average molecular weight is 330 g/mol. The highest BCUT2D eigenvalue weighted by molar-refractivity contribution is 6.04. The second-order valence-corrected chi connectivity index (χ2v) is 5.81. The molecule has 0 saturated heterocycles. The van der Waals surface area contributed by atoms with Crippen LogP contribution in [0.15, 0.2) is 35.1 Å². The second-order valence-electron chi connectivity index (χ2n) is 5.81. The van der Waals surface area contributed by atoms with Crippen LogP contribution in [0.5, 0.6) is 0 Å². The van der Waals surface area contributed by atoms with Crippen molar-refractivity contribution in [1.82, 2.24) is 9.78 Å². The van der Waals surface area contributed by atoms with Gasteiger partial charge in [-0.3, -0.25) is 19.7 Å². The van der Waals surface area contributed by atoms with Crippen LogP contribution in [-0.2, 0) is 6.54 Å². The highest BCUT2D eigenvalue weighted by Gasteiger charge is 2.19. The van der Waals surface area contributed by atoms with Crippen molar-refractivity contribution in [3.05, 3.63) is 62.1 Å². The molecule has 0 fully saturated rings. The van der Waals surface area contributed by atoms with E-state index in [1.54, 1.807) is 19.1 Å². The number of aromatic nitrogens is 2. The Hall–Kier alpha value is -3.03. The van der Waals surface area contributed by atoms with Gasteiger partial charge >= 0.3 is 0 Å². The van der Waals surface area contributed by atoms with E-state index in [9.17, 15) is 19.7 Å². The molecule has 8 nitrogen and oxygen atoms in total. The summed E-state index contributed by atoms with van der Waals surface area (Å²) in [5.74, 6) is -0.420. The largest absolute Gasteiger partial charge is 0.315 e. The highest BCUT2D eigenvalue weighted by atomic mass is 16.6. The number of amides is 1. The van der Waals surface area contributed by atoms with Gasteiger partial charge in [-0.2, -0.15) is 5.10 Å². The van der Waals surface area contributed by atoms with Gasteiger partial charge in [-0.15, -0.1) is 0 Å². The fraction of sp³-hybridized carbons (Fsp3) is 0.312. The summed E-state index contributed by atoms with van der Waals surface area (Å²) < 4.78 is 1.21. The first-order valence-corrected chi connectivity index (χ1v) is 7.43. The zero-order chi connectivity index (χ0) is 17.9. The van der Waals surface area contributed by atoms with E-state index < -0.39 is 10.8 Å². The molecular weight excluding hydrogens is 312 g/mol. The van der Waals surface area contributed by atoms with E-state index in [1.807, 2.05) is 13.8 Å². The Kier molecular flexibility index (Phi) is 5.08. The van der Waals surface area contributed by atoms with Gasteiger partial charge in [0.2, 0.25) is 0 Å². The van der Waals surface area contributed by atoms with Crippen molar-refractivity contribution < 1.29 is 9.72 Å². The number of benzene rings is 1. The van der Waals surface area contributed by atoms with Crippen LogP contribution < -0.4 is 10.9 Å². The summed E-state index contributed by atoms with van der Waals surface area (Å²) in [6, 6.07) is 7.09. The quantitative estimate of drug-likeness (QED) is 0.669. The van der Waals surface area contributed by atoms with Crippen LogP contribution in [0, 0.1) is 23.0 Å². The van der Waals surface area contributed by atoms with E-state index in [4.69, 9.17) is 0 Å². The molecule has 0 aliphatic carbocycles. The molecule has 2 aromatic rings. The van der Waals surface area contributed by atoms with E-state index in [1.165, 1.54) is 22.9 Å². The number of aryl methyl sites for hydroxylation is 1. The molecule has 1 amide bonds. The Morgan fingerprint density at radius 1 is 1.33 bits per heavy atom. The van der Waals surface area contributed by atoms with Gasteiger partial charge in [0.25, 0.3) is 17.2 Å². The lowest BCUT2D eigenvalue weighted by Crippen LogP contribution is -2.27. The molecular formula is C16H18N4O4. The fourth-order valence-electron chi connectivity index (χ4n) is 2.19. The number of carbonyl (C=O) groups excluding carboxylic acids is 1. The molecule has 0 bridgehead atoms. The number of nitro groups is 1. The molecule has 0 aliphatic heterocycles. The Morgan fingerprint density at radius 2 is 2.04 bits per heavy atom. The van der Waals surface area contributed by atoms with Crippen LogP contribution in [0.3, 0.4) is 0 Å². The maximum Gasteiger partial charge on any atom is 0.293 e. The number of carbonyl (C=O) groups is 1. The summed E-state index contributed by atoms with van der Waals surface area (Å²) in [5, 5.41) is 17.7. The van der Waals surface area contributed by atoms with Gasteiger partial charge in [0.1, 0.15) is 11.4 Å². The molecule has 8 heteroatoms. The summed E-state index contributed by atoms with van der Waals surface area (Å²) >= 11 is 0. The van der Waals surface area contributed by atoms with E-state index in [-0.39, 0.29) is 28.5 Å². The van der Waals surface area contributed by atoms with Crippen LogP contribution in [-0.4, -0.2) is 20.6 Å². The van der Waals surface area contributed by atoms with Gasteiger partial charge in [-0.25, -0.2) is 4.68 Å². The Labute approximate surface area is 138 Å². The first kappa shape index (κ1) is 17.3.